The Bertz CT molecular complexity index is 120. The quantitative estimate of drug-likeness (QED) is 0.384. The highest BCUT2D eigenvalue weighted by atomic mass is 35.5. The minimum atomic E-state index is 0. The zero-order chi connectivity index (χ0) is 5.11. The van der Waals surface area contributed by atoms with Crippen LogP contribution in [0.4, 0.5) is 0 Å². The first-order valence-electron chi connectivity index (χ1n) is 2.23. The number of nitrogens with one attached hydrogen (secondary N) is 1. The number of hydrogen-bond donors (Lipinski definition) is 1. The highest BCUT2D eigenvalue weighted by Gasteiger charge is 2.01. The Kier molecular flexibility index (Phi) is 3.28. The molecule has 0 amide bonds. The number of methoxy groups -OCH3 is 1. The topological polar surface area (TPSA) is 23.2 Å². The Balaban J connectivity index is 0.000000490. The smallest absolute Gasteiger partial charge is 0.198 e. The summed E-state index contributed by atoms with van der Waals surface area (Å²) in [6, 6.07) is 0. The van der Waals surface area contributed by atoms with E-state index in [0.29, 0.717) is 0 Å². The second-order valence-corrected chi connectivity index (χ2v) is 1.38. The van der Waals surface area contributed by atoms with Gasteiger partial charge < -0.3 is 17.1 Å². The van der Waals surface area contributed by atoms with Gasteiger partial charge >= 0.3 is 0 Å². The van der Waals surface area contributed by atoms with E-state index in [1.807, 2.05) is 12.3 Å². The molecule has 0 aromatic rings. The predicted octanol–water partition coefficient (Wildman–Crippen LogP) is -4.31. The molecule has 3 heteroatoms. The molecular weight excluding hydrogens is 126 g/mol. The summed E-state index contributed by atoms with van der Waals surface area (Å²) in [4.78, 5) is 2.98. The zero-order valence-corrected chi connectivity index (χ0v) is 5.40. The summed E-state index contributed by atoms with van der Waals surface area (Å²) in [6.07, 6.45) is 3.79. The fourth-order valence-electron chi connectivity index (χ4n) is 0.511. The maximum Gasteiger partial charge on any atom is 0.198 e. The van der Waals surface area contributed by atoms with Gasteiger partial charge in [0.1, 0.15) is 0 Å². The van der Waals surface area contributed by atoms with Crippen molar-refractivity contribution in [2.75, 3.05) is 13.7 Å². The van der Waals surface area contributed by atoms with Crippen molar-refractivity contribution in [1.82, 2.24) is 0 Å². The lowest BCUT2D eigenvalue weighted by Gasteiger charge is -1.89. The third-order valence-corrected chi connectivity index (χ3v) is 0.926. The summed E-state index contributed by atoms with van der Waals surface area (Å²) >= 11 is 0. The molecule has 1 rings (SSSR count). The van der Waals surface area contributed by atoms with Crippen LogP contribution in [0.2, 0.25) is 0 Å². The lowest BCUT2D eigenvalue weighted by Crippen LogP contribution is -3.00. The first kappa shape index (κ1) is 7.50. The first-order valence-corrected chi connectivity index (χ1v) is 2.23. The van der Waals surface area contributed by atoms with Crippen molar-refractivity contribution in [2.45, 2.75) is 0 Å². The standard InChI is InChI=1S/C5H7NO.ClH/c1-7-5-2-3-6-4-5;/h2-3H,4H2,1H3;1H. The summed E-state index contributed by atoms with van der Waals surface area (Å²) in [6.45, 7) is 0.844. The largest absolute Gasteiger partial charge is 1.00 e. The minimum Gasteiger partial charge on any atom is -1.00 e. The fraction of sp³-hybridized carbons (Fsp3) is 0.400. The van der Waals surface area contributed by atoms with Gasteiger partial charge in [-0.15, -0.1) is 0 Å². The molecule has 0 aliphatic carbocycles. The van der Waals surface area contributed by atoms with Gasteiger partial charge in [-0.3, -0.25) is 0 Å². The van der Waals surface area contributed by atoms with E-state index >= 15 is 0 Å². The Labute approximate surface area is 54.7 Å². The molecule has 0 bridgehead atoms. The molecule has 1 aliphatic heterocycles. The maximum atomic E-state index is 4.88. The monoisotopic (exact) mass is 133 g/mol. The molecule has 46 valence electrons. The van der Waals surface area contributed by atoms with Crippen LogP contribution < -0.4 is 17.4 Å². The number of hydrogen-bond acceptors (Lipinski definition) is 1. The van der Waals surface area contributed by atoms with E-state index < -0.39 is 0 Å². The van der Waals surface area contributed by atoms with Crippen LogP contribution in [-0.2, 0) is 4.74 Å². The predicted molar refractivity (Wildman–Crippen MR) is 27.0 cm³/mol. The molecule has 2 nitrogen and oxygen atoms in total. The average Bonchev–Trinajstić information content (AvgIpc) is 2.14. The summed E-state index contributed by atoms with van der Waals surface area (Å²) in [5.74, 6) is 1.00. The highest BCUT2D eigenvalue weighted by Crippen LogP contribution is 1.87. The van der Waals surface area contributed by atoms with Gasteiger partial charge in [-0.05, 0) is 0 Å². The minimum absolute atomic E-state index is 0. The molecule has 0 unspecified atom stereocenters. The zero-order valence-electron chi connectivity index (χ0n) is 4.65. The second kappa shape index (κ2) is 3.50. The van der Waals surface area contributed by atoms with Gasteiger partial charge in [0.25, 0.3) is 0 Å². The Morgan fingerprint density at radius 3 is 2.75 bits per heavy atom. The molecule has 0 aromatic heterocycles. The van der Waals surface area contributed by atoms with Crippen molar-refractivity contribution in [3.8, 4) is 0 Å². The lowest BCUT2D eigenvalue weighted by molar-refractivity contribution is -0.440. The van der Waals surface area contributed by atoms with Crippen LogP contribution >= 0.6 is 0 Å². The van der Waals surface area contributed by atoms with Crippen molar-refractivity contribution < 1.29 is 22.1 Å². The fourth-order valence-corrected chi connectivity index (χ4v) is 0.511. The van der Waals surface area contributed by atoms with Crippen LogP contribution in [0.1, 0.15) is 0 Å². The van der Waals surface area contributed by atoms with Crippen molar-refractivity contribution in [1.29, 1.82) is 0 Å². The number of rotatable bonds is 1. The molecule has 0 atom stereocenters. The van der Waals surface area contributed by atoms with E-state index in [2.05, 4.69) is 4.99 Å². The van der Waals surface area contributed by atoms with E-state index in [4.69, 9.17) is 4.74 Å². The van der Waals surface area contributed by atoms with E-state index in [-0.39, 0.29) is 12.4 Å². The molecule has 0 saturated carbocycles. The van der Waals surface area contributed by atoms with Gasteiger partial charge in [-0.1, -0.05) is 0 Å². The van der Waals surface area contributed by atoms with Gasteiger partial charge in [0, 0.05) is 6.08 Å². The Morgan fingerprint density at radius 2 is 2.50 bits per heavy atom. The molecule has 0 spiro atoms. The molecule has 0 aromatic carbocycles. The van der Waals surface area contributed by atoms with Crippen molar-refractivity contribution in [3.63, 3.8) is 0 Å². The van der Waals surface area contributed by atoms with Gasteiger partial charge in [-0.25, -0.2) is 4.99 Å². The second-order valence-electron chi connectivity index (χ2n) is 1.38. The molecule has 8 heavy (non-hydrogen) atoms. The first-order chi connectivity index (χ1) is 3.43. The highest BCUT2D eigenvalue weighted by molar-refractivity contribution is 5.67. The van der Waals surface area contributed by atoms with Crippen LogP contribution in [-0.4, -0.2) is 19.9 Å². The molecule has 1 N–H and O–H groups in total. The third-order valence-electron chi connectivity index (χ3n) is 0.926. The molecule has 1 aliphatic rings. The van der Waals surface area contributed by atoms with Crippen molar-refractivity contribution >= 4 is 6.21 Å². The molecule has 0 saturated heterocycles. The van der Waals surface area contributed by atoms with Gasteiger partial charge in [-0.2, -0.15) is 0 Å². The molecular formula is C5H8ClNO. The summed E-state index contributed by atoms with van der Waals surface area (Å²) in [7, 11) is 1.67. The van der Waals surface area contributed by atoms with Crippen LogP contribution in [0.5, 0.6) is 0 Å². The van der Waals surface area contributed by atoms with E-state index in [9.17, 15) is 0 Å². The normalized spacial score (nSPS) is 14.9. The molecule has 1 heterocycles. The lowest BCUT2D eigenvalue weighted by atomic mass is 10.5. The van der Waals surface area contributed by atoms with Crippen LogP contribution in [0.3, 0.4) is 0 Å². The number of halogens is 1. The van der Waals surface area contributed by atoms with Crippen LogP contribution in [0.15, 0.2) is 11.8 Å². The number of allylic oxidation sites excluding steroid dienone is 1. The van der Waals surface area contributed by atoms with Gasteiger partial charge in [0.05, 0.1) is 7.11 Å². The average molecular weight is 134 g/mol. The van der Waals surface area contributed by atoms with E-state index in [0.717, 1.165) is 12.3 Å². The summed E-state index contributed by atoms with van der Waals surface area (Å²) in [5.41, 5.74) is 0. The molecule has 0 radical (unpaired) electrons. The third kappa shape index (κ3) is 1.54. The summed E-state index contributed by atoms with van der Waals surface area (Å²) in [5, 5.41) is 0. The maximum absolute atomic E-state index is 4.88. The Hall–Kier alpha value is -0.500. The van der Waals surface area contributed by atoms with Gasteiger partial charge in [0.15, 0.2) is 18.5 Å². The van der Waals surface area contributed by atoms with Gasteiger partial charge in [0.2, 0.25) is 0 Å². The van der Waals surface area contributed by atoms with Crippen LogP contribution in [0, 0.1) is 0 Å². The van der Waals surface area contributed by atoms with E-state index in [1.54, 1.807) is 7.11 Å². The SMILES string of the molecule is COC1=CC=[NH+]C1.[Cl-]. The van der Waals surface area contributed by atoms with E-state index in [1.165, 1.54) is 0 Å². The summed E-state index contributed by atoms with van der Waals surface area (Å²) < 4.78 is 4.88. The molecule has 0 fully saturated rings. The number of ether oxygens (including phenoxy) is 1. The van der Waals surface area contributed by atoms with Crippen molar-refractivity contribution in [3.05, 3.63) is 11.8 Å². The van der Waals surface area contributed by atoms with Crippen LogP contribution in [0.25, 0.3) is 0 Å². The van der Waals surface area contributed by atoms with Crippen molar-refractivity contribution in [2.24, 2.45) is 0 Å². The Morgan fingerprint density at radius 1 is 1.75 bits per heavy atom.